The molecule has 2 aromatic rings. The van der Waals surface area contributed by atoms with Crippen molar-refractivity contribution in [2.75, 3.05) is 26.7 Å². The van der Waals surface area contributed by atoms with Gasteiger partial charge in [-0.1, -0.05) is 38.1 Å². The lowest BCUT2D eigenvalue weighted by Gasteiger charge is -2.32. The van der Waals surface area contributed by atoms with E-state index in [4.69, 9.17) is 4.52 Å². The molecule has 1 aliphatic heterocycles. The van der Waals surface area contributed by atoms with Gasteiger partial charge >= 0.3 is 0 Å². The van der Waals surface area contributed by atoms with Crippen LogP contribution < -0.4 is 5.32 Å². The molecule has 2 heterocycles. The second-order valence-corrected chi connectivity index (χ2v) is 8.62. The van der Waals surface area contributed by atoms with E-state index in [0.717, 1.165) is 44.5 Å². The number of carbonyl (C=O) groups is 1. The number of carbonyl (C=O) groups excluding carboxylic acids is 1. The number of amides is 1. The molecule has 0 saturated carbocycles. The van der Waals surface area contributed by atoms with Crippen molar-refractivity contribution in [1.82, 2.24) is 20.4 Å². The summed E-state index contributed by atoms with van der Waals surface area (Å²) in [5.74, 6) is 1.90. The summed E-state index contributed by atoms with van der Waals surface area (Å²) in [5, 5.41) is 7.32. The molecule has 0 aliphatic carbocycles. The molecule has 27 heavy (non-hydrogen) atoms. The van der Waals surface area contributed by atoms with Crippen LogP contribution in [0.1, 0.15) is 49.9 Å². The molecule has 0 spiro atoms. The van der Waals surface area contributed by atoms with Crippen molar-refractivity contribution < 1.29 is 9.32 Å². The Balaban J connectivity index is 1.70. The Morgan fingerprint density at radius 1 is 1.30 bits per heavy atom. The minimum Gasteiger partial charge on any atom is -0.339 e. The molecule has 3 rings (SSSR count). The highest BCUT2D eigenvalue weighted by atomic mass is 16.5. The number of rotatable bonds is 5. The smallest absolute Gasteiger partial charge is 0.253 e. The minimum atomic E-state index is 0.0816. The summed E-state index contributed by atoms with van der Waals surface area (Å²) in [7, 11) is 1.98. The normalized spacial score (nSPS) is 15.9. The number of hydrogen-bond acceptors (Lipinski definition) is 5. The highest BCUT2D eigenvalue weighted by Gasteiger charge is 2.24. The fourth-order valence-corrected chi connectivity index (χ4v) is 3.50. The van der Waals surface area contributed by atoms with E-state index >= 15 is 0 Å². The van der Waals surface area contributed by atoms with Crippen LogP contribution in [0.3, 0.4) is 0 Å². The number of aromatic nitrogens is 2. The van der Waals surface area contributed by atoms with Crippen molar-refractivity contribution in [2.45, 2.75) is 40.0 Å². The van der Waals surface area contributed by atoms with Crippen LogP contribution in [-0.4, -0.2) is 47.6 Å². The van der Waals surface area contributed by atoms with Crippen LogP contribution in [0, 0.1) is 11.3 Å². The molecule has 1 aromatic heterocycles. The van der Waals surface area contributed by atoms with E-state index in [9.17, 15) is 4.79 Å². The van der Waals surface area contributed by atoms with E-state index in [0.29, 0.717) is 23.2 Å². The molecule has 1 saturated heterocycles. The molecule has 0 bridgehead atoms. The third-order valence-corrected chi connectivity index (χ3v) is 4.91. The predicted molar refractivity (Wildman–Crippen MR) is 105 cm³/mol. The van der Waals surface area contributed by atoms with Crippen LogP contribution in [0.5, 0.6) is 0 Å². The minimum absolute atomic E-state index is 0.0816. The summed E-state index contributed by atoms with van der Waals surface area (Å²) < 4.78 is 5.38. The molecular formula is C21H30N4O2. The van der Waals surface area contributed by atoms with Crippen LogP contribution >= 0.6 is 0 Å². The van der Waals surface area contributed by atoms with Gasteiger partial charge in [0.2, 0.25) is 11.7 Å². The highest BCUT2D eigenvalue weighted by Crippen LogP contribution is 2.24. The van der Waals surface area contributed by atoms with Gasteiger partial charge in [0.15, 0.2) is 0 Å². The van der Waals surface area contributed by atoms with E-state index in [1.807, 2.05) is 36.2 Å². The molecule has 0 radical (unpaired) electrons. The van der Waals surface area contributed by atoms with E-state index in [2.05, 4.69) is 36.2 Å². The molecule has 0 atom stereocenters. The molecule has 1 amide bonds. The predicted octanol–water partition coefficient (Wildman–Crippen LogP) is 3.40. The summed E-state index contributed by atoms with van der Waals surface area (Å²) in [6.07, 6.45) is 2.82. The lowest BCUT2D eigenvalue weighted by Crippen LogP contribution is -2.40. The van der Waals surface area contributed by atoms with Gasteiger partial charge in [0.1, 0.15) is 0 Å². The van der Waals surface area contributed by atoms with Crippen LogP contribution in [0.25, 0.3) is 11.4 Å². The molecular weight excluding hydrogens is 340 g/mol. The zero-order valence-corrected chi connectivity index (χ0v) is 16.8. The Bertz CT molecular complexity index is 770. The van der Waals surface area contributed by atoms with Gasteiger partial charge in [0, 0.05) is 30.6 Å². The molecule has 1 aromatic carbocycles. The quantitative estimate of drug-likeness (QED) is 0.873. The van der Waals surface area contributed by atoms with Gasteiger partial charge in [-0.2, -0.15) is 4.98 Å². The first kappa shape index (κ1) is 19.5. The average molecular weight is 370 g/mol. The Kier molecular flexibility index (Phi) is 5.95. The lowest BCUT2D eigenvalue weighted by atomic mass is 9.92. The van der Waals surface area contributed by atoms with E-state index < -0.39 is 0 Å². The summed E-state index contributed by atoms with van der Waals surface area (Å²) >= 11 is 0. The van der Waals surface area contributed by atoms with Crippen LogP contribution in [0.2, 0.25) is 0 Å². The monoisotopic (exact) mass is 370 g/mol. The zero-order chi connectivity index (χ0) is 19.4. The van der Waals surface area contributed by atoms with Gasteiger partial charge in [-0.25, -0.2) is 0 Å². The van der Waals surface area contributed by atoms with Gasteiger partial charge in [0.05, 0.1) is 0 Å². The van der Waals surface area contributed by atoms with Gasteiger partial charge < -0.3 is 14.7 Å². The summed E-state index contributed by atoms with van der Waals surface area (Å²) in [6.45, 7) is 9.05. The highest BCUT2D eigenvalue weighted by molar-refractivity contribution is 5.95. The first-order chi connectivity index (χ1) is 12.9. The van der Waals surface area contributed by atoms with Crippen molar-refractivity contribution in [3.8, 4) is 11.4 Å². The Morgan fingerprint density at radius 3 is 2.70 bits per heavy atom. The van der Waals surface area contributed by atoms with E-state index in [-0.39, 0.29) is 11.3 Å². The van der Waals surface area contributed by atoms with E-state index in [1.54, 1.807) is 0 Å². The number of piperidine rings is 1. The molecule has 6 heteroatoms. The third-order valence-electron chi connectivity index (χ3n) is 4.91. The molecule has 0 unspecified atom stereocenters. The molecule has 1 aliphatic rings. The number of hydrogen-bond donors (Lipinski definition) is 1. The van der Waals surface area contributed by atoms with Gasteiger partial charge in [-0.3, -0.25) is 4.79 Å². The topological polar surface area (TPSA) is 71.3 Å². The van der Waals surface area contributed by atoms with Gasteiger partial charge in [0.25, 0.3) is 5.91 Å². The number of likely N-dealkylation sites (tertiary alicyclic amines) is 1. The van der Waals surface area contributed by atoms with Crippen LogP contribution in [-0.2, 0) is 6.42 Å². The maximum Gasteiger partial charge on any atom is 0.253 e. The van der Waals surface area contributed by atoms with Crippen molar-refractivity contribution in [2.24, 2.45) is 11.3 Å². The second-order valence-electron chi connectivity index (χ2n) is 8.62. The average Bonchev–Trinajstić information content (AvgIpc) is 3.09. The van der Waals surface area contributed by atoms with Crippen molar-refractivity contribution >= 4 is 5.91 Å². The summed E-state index contributed by atoms with van der Waals surface area (Å²) in [4.78, 5) is 19.3. The Labute approximate surface area is 161 Å². The van der Waals surface area contributed by atoms with Gasteiger partial charge in [-0.05, 0) is 49.9 Å². The standard InChI is InChI=1S/C21H30N4O2/c1-21(2,3)13-18-23-19(24-27-18)16-6-5-7-17(12-16)20(26)25-10-8-15(9-11-25)14-22-4/h5-7,12,15,22H,8-11,13-14H2,1-4H3. The second kappa shape index (κ2) is 8.21. The fraction of sp³-hybridized carbons (Fsp3) is 0.571. The maximum absolute atomic E-state index is 12.9. The van der Waals surface area contributed by atoms with Crippen LogP contribution in [0.4, 0.5) is 0 Å². The first-order valence-corrected chi connectivity index (χ1v) is 9.72. The van der Waals surface area contributed by atoms with Crippen molar-refractivity contribution in [1.29, 1.82) is 0 Å². The third kappa shape index (κ3) is 5.16. The molecule has 1 N–H and O–H groups in total. The van der Waals surface area contributed by atoms with Crippen molar-refractivity contribution in [3.05, 3.63) is 35.7 Å². The van der Waals surface area contributed by atoms with E-state index in [1.165, 1.54) is 0 Å². The number of nitrogens with zero attached hydrogens (tertiary/aromatic N) is 3. The largest absolute Gasteiger partial charge is 0.339 e. The molecule has 146 valence electrons. The number of benzene rings is 1. The SMILES string of the molecule is CNCC1CCN(C(=O)c2cccc(-c3noc(CC(C)(C)C)n3)c2)CC1. The number of nitrogens with one attached hydrogen (secondary N) is 1. The fourth-order valence-electron chi connectivity index (χ4n) is 3.50. The summed E-state index contributed by atoms with van der Waals surface area (Å²) in [6, 6.07) is 7.53. The Hall–Kier alpha value is -2.21. The zero-order valence-electron chi connectivity index (χ0n) is 16.8. The molecule has 6 nitrogen and oxygen atoms in total. The Morgan fingerprint density at radius 2 is 2.04 bits per heavy atom. The maximum atomic E-state index is 12.9. The summed E-state index contributed by atoms with van der Waals surface area (Å²) in [5.41, 5.74) is 1.58. The van der Waals surface area contributed by atoms with Crippen molar-refractivity contribution in [3.63, 3.8) is 0 Å². The molecule has 1 fully saturated rings. The lowest BCUT2D eigenvalue weighted by molar-refractivity contribution is 0.0691. The van der Waals surface area contributed by atoms with Gasteiger partial charge in [-0.15, -0.1) is 0 Å². The first-order valence-electron chi connectivity index (χ1n) is 9.72. The van der Waals surface area contributed by atoms with Crippen LogP contribution in [0.15, 0.2) is 28.8 Å².